The summed E-state index contributed by atoms with van der Waals surface area (Å²) in [5.41, 5.74) is 11.4. The number of aliphatic hydroxyl groups excluding tert-OH is 2. The highest BCUT2D eigenvalue weighted by Gasteiger charge is 2.49. The number of rotatable bonds is 12. The van der Waals surface area contributed by atoms with Crippen molar-refractivity contribution in [2.75, 3.05) is 33.2 Å². The van der Waals surface area contributed by atoms with Gasteiger partial charge in [0.15, 0.2) is 29.6 Å². The standard InChI is InChI=1S/C40H43NO15/c1-18(2)9-25-36-24(12-29-38(25)52-17-51-29)27-15-50-35-23-11-20-3-5-21(42)10-19(20)4-6-22(23)28(13-26(35)37(27)54-36)55-56-39-34(47)33(46)30(53-40(39)48-8-7-41)16-49-32(45)14-31(43)44/h3-6,10,12-13,18,27,30,33-34,37,39-40,42,46-47H,7-9,11,14-17,41H2,1-2H3,(H,43,44)/t27-,30+,33+,34-,37+,39-,40+/m0/s1. The third kappa shape index (κ3) is 7.08. The second kappa shape index (κ2) is 15.4. The zero-order chi connectivity index (χ0) is 39.2. The molecule has 16 heteroatoms. The van der Waals surface area contributed by atoms with Crippen LogP contribution in [0.4, 0.5) is 0 Å². The van der Waals surface area contributed by atoms with E-state index in [-0.39, 0.29) is 37.4 Å². The number of aliphatic carboxylic acids is 1. The van der Waals surface area contributed by atoms with Crippen LogP contribution in [0.1, 0.15) is 71.2 Å². The molecule has 0 unspecified atom stereocenters. The molecule has 0 radical (unpaired) electrons. The highest BCUT2D eigenvalue weighted by atomic mass is 17.2. The van der Waals surface area contributed by atoms with E-state index in [0.717, 1.165) is 33.6 Å². The topological polar surface area (TPSA) is 224 Å². The summed E-state index contributed by atoms with van der Waals surface area (Å²) in [7, 11) is 0. The average molecular weight is 778 g/mol. The number of carboxylic acids is 1. The molecular weight excluding hydrogens is 734 g/mol. The van der Waals surface area contributed by atoms with E-state index in [4.69, 9.17) is 53.8 Å². The summed E-state index contributed by atoms with van der Waals surface area (Å²) >= 11 is 0. The molecule has 7 atom stereocenters. The second-order valence-electron chi connectivity index (χ2n) is 14.7. The van der Waals surface area contributed by atoms with Gasteiger partial charge in [0.25, 0.3) is 0 Å². The van der Waals surface area contributed by atoms with Gasteiger partial charge in [-0.15, -0.1) is 0 Å². The summed E-state index contributed by atoms with van der Waals surface area (Å²) in [6.45, 7) is 4.20. The van der Waals surface area contributed by atoms with Crippen LogP contribution in [0.15, 0.2) is 30.3 Å². The van der Waals surface area contributed by atoms with Crippen molar-refractivity contribution in [2.45, 2.75) is 75.8 Å². The number of phenolic OH excluding ortho intramolecular Hbond substituents is 1. The lowest BCUT2D eigenvalue weighted by Crippen LogP contribution is -2.60. The number of hydrogen-bond donors (Lipinski definition) is 5. The minimum atomic E-state index is -1.68. The number of carboxylic acid groups (broad SMARTS) is 1. The number of carbonyl (C=O) groups excluding carboxylic acids is 1. The molecule has 5 aliphatic rings. The van der Waals surface area contributed by atoms with Gasteiger partial charge >= 0.3 is 11.9 Å². The van der Waals surface area contributed by atoms with Crippen LogP contribution in [0.3, 0.4) is 0 Å². The molecule has 3 aromatic carbocycles. The van der Waals surface area contributed by atoms with Crippen LogP contribution in [0.25, 0.3) is 12.2 Å². The van der Waals surface area contributed by atoms with Crippen molar-refractivity contribution < 1.29 is 72.9 Å². The quantitative estimate of drug-likeness (QED) is 0.0603. The first-order valence-corrected chi connectivity index (χ1v) is 18.5. The maximum absolute atomic E-state index is 11.9. The van der Waals surface area contributed by atoms with Crippen molar-refractivity contribution in [3.05, 3.63) is 69.3 Å². The minimum absolute atomic E-state index is 0.0302. The van der Waals surface area contributed by atoms with Gasteiger partial charge in [-0.1, -0.05) is 32.1 Å². The fourth-order valence-electron chi connectivity index (χ4n) is 7.85. The van der Waals surface area contributed by atoms with Crippen molar-refractivity contribution in [2.24, 2.45) is 11.7 Å². The van der Waals surface area contributed by atoms with Crippen LogP contribution < -0.4 is 29.6 Å². The number of benzene rings is 3. The van der Waals surface area contributed by atoms with Gasteiger partial charge in [-0.2, -0.15) is 4.89 Å². The zero-order valence-corrected chi connectivity index (χ0v) is 30.7. The maximum atomic E-state index is 11.9. The number of phenols is 1. The first-order chi connectivity index (χ1) is 27.0. The molecule has 8 rings (SSSR count). The van der Waals surface area contributed by atoms with Crippen molar-refractivity contribution in [1.82, 2.24) is 0 Å². The largest absolute Gasteiger partial charge is 0.508 e. The van der Waals surface area contributed by atoms with E-state index in [1.54, 1.807) is 18.2 Å². The normalized spacial score (nSPS) is 25.1. The summed E-state index contributed by atoms with van der Waals surface area (Å²) in [6.07, 6.45) is -4.03. The molecule has 6 N–H and O–H groups in total. The summed E-state index contributed by atoms with van der Waals surface area (Å²) in [5.74, 6) is 0.725. The number of fused-ring (bicyclic) bond motifs is 9. The van der Waals surface area contributed by atoms with Gasteiger partial charge in [-0.25, -0.2) is 0 Å². The molecule has 56 heavy (non-hydrogen) atoms. The molecule has 1 fully saturated rings. The van der Waals surface area contributed by atoms with E-state index in [1.165, 1.54) is 0 Å². The predicted molar refractivity (Wildman–Crippen MR) is 193 cm³/mol. The van der Waals surface area contributed by atoms with E-state index in [2.05, 4.69) is 13.8 Å². The molecule has 0 spiro atoms. The van der Waals surface area contributed by atoms with E-state index < -0.39 is 61.8 Å². The Morgan fingerprint density at radius 2 is 1.84 bits per heavy atom. The second-order valence-corrected chi connectivity index (χ2v) is 14.7. The van der Waals surface area contributed by atoms with Crippen LogP contribution in [0, 0.1) is 5.92 Å². The van der Waals surface area contributed by atoms with Crippen LogP contribution in [0.5, 0.6) is 34.5 Å². The Labute approximate surface area is 321 Å². The Hall–Kier alpha value is -5.10. The molecule has 0 aromatic heterocycles. The van der Waals surface area contributed by atoms with Crippen LogP contribution in [-0.4, -0.2) is 96.2 Å². The third-order valence-corrected chi connectivity index (χ3v) is 10.4. The van der Waals surface area contributed by atoms with Gasteiger partial charge < -0.3 is 64.2 Å². The predicted octanol–water partition coefficient (Wildman–Crippen LogP) is 3.12. The van der Waals surface area contributed by atoms with Gasteiger partial charge in [-0.3, -0.25) is 9.59 Å². The molecule has 1 aliphatic carbocycles. The Kier molecular flexibility index (Phi) is 10.4. The van der Waals surface area contributed by atoms with Gasteiger partial charge in [0, 0.05) is 40.8 Å². The highest BCUT2D eigenvalue weighted by molar-refractivity contribution is 5.90. The average Bonchev–Trinajstić information content (AvgIpc) is 3.74. The van der Waals surface area contributed by atoms with Gasteiger partial charge in [0.1, 0.15) is 54.7 Å². The number of esters is 1. The highest BCUT2D eigenvalue weighted by Crippen LogP contribution is 2.58. The molecule has 0 bridgehead atoms. The fraction of sp³-hybridized carbons (Fsp3) is 0.450. The van der Waals surface area contributed by atoms with Crippen molar-refractivity contribution >= 4 is 24.1 Å². The number of carbonyl (C=O) groups is 2. The lowest BCUT2D eigenvalue weighted by molar-refractivity contribution is -0.372. The number of nitrogens with two attached hydrogens (primary N) is 1. The number of hydrogen-bond acceptors (Lipinski definition) is 15. The molecule has 4 heterocycles. The molecule has 3 aromatic rings. The Balaban J connectivity index is 1.13. The van der Waals surface area contributed by atoms with Crippen LogP contribution in [-0.2, 0) is 41.5 Å². The molecule has 1 saturated heterocycles. The van der Waals surface area contributed by atoms with Crippen molar-refractivity contribution in [3.8, 4) is 34.5 Å². The lowest BCUT2D eigenvalue weighted by Gasteiger charge is -2.41. The van der Waals surface area contributed by atoms with Gasteiger partial charge in [0.2, 0.25) is 6.79 Å². The smallest absolute Gasteiger partial charge is 0.317 e. The van der Waals surface area contributed by atoms with Gasteiger partial charge in [-0.05, 0) is 47.7 Å². The minimum Gasteiger partial charge on any atom is -0.508 e. The van der Waals surface area contributed by atoms with Crippen LogP contribution in [0.2, 0.25) is 0 Å². The number of ether oxygens (including phenoxy) is 7. The Bertz CT molecular complexity index is 2050. The SMILES string of the molecule is CC(C)Cc1c2c(cc3c1O[C@@H]1c4cc(OO[C@@H]5[C@H](OCCN)O[C@H](COC(=O)CC(=O)O)[C@@H](O)[C@@H]5O)c5c(c4OC[C@@H]31)Cc1ccc(O)cc1C=C5)OCO2. The first-order valence-electron chi connectivity index (χ1n) is 18.5. The molecule has 0 saturated carbocycles. The lowest BCUT2D eigenvalue weighted by atomic mass is 9.85. The van der Waals surface area contributed by atoms with E-state index in [1.807, 2.05) is 24.3 Å². The zero-order valence-electron chi connectivity index (χ0n) is 30.7. The molecule has 0 amide bonds. The molecule has 16 nitrogen and oxygen atoms in total. The summed E-state index contributed by atoms with van der Waals surface area (Å²) in [4.78, 5) is 34.8. The number of aliphatic hydroxyl groups is 2. The van der Waals surface area contributed by atoms with Gasteiger partial charge in [0.05, 0.1) is 19.1 Å². The molecular formula is C40H43NO15. The Morgan fingerprint density at radius 3 is 2.62 bits per heavy atom. The number of aromatic hydroxyl groups is 1. The fourth-order valence-corrected chi connectivity index (χ4v) is 7.85. The molecule has 298 valence electrons. The first kappa shape index (κ1) is 37.8. The summed E-state index contributed by atoms with van der Waals surface area (Å²) < 4.78 is 41.8. The third-order valence-electron chi connectivity index (χ3n) is 10.4. The van der Waals surface area contributed by atoms with Crippen molar-refractivity contribution in [3.63, 3.8) is 0 Å². The Morgan fingerprint density at radius 1 is 1.00 bits per heavy atom. The summed E-state index contributed by atoms with van der Waals surface area (Å²) in [5, 5.41) is 41.5. The maximum Gasteiger partial charge on any atom is 0.317 e. The van der Waals surface area contributed by atoms with E-state index in [9.17, 15) is 24.9 Å². The van der Waals surface area contributed by atoms with Crippen molar-refractivity contribution in [1.29, 1.82) is 0 Å². The van der Waals surface area contributed by atoms with Crippen LogP contribution >= 0.6 is 0 Å². The molecule has 4 aliphatic heterocycles. The van der Waals surface area contributed by atoms with E-state index >= 15 is 0 Å². The summed E-state index contributed by atoms with van der Waals surface area (Å²) in [6, 6.07) is 8.87. The van der Waals surface area contributed by atoms with E-state index in [0.29, 0.717) is 53.7 Å². The monoisotopic (exact) mass is 777 g/mol.